The summed E-state index contributed by atoms with van der Waals surface area (Å²) in [6.07, 6.45) is 5.35. The van der Waals surface area contributed by atoms with Crippen molar-refractivity contribution in [3.63, 3.8) is 0 Å². The summed E-state index contributed by atoms with van der Waals surface area (Å²) in [6, 6.07) is 3.97. The Morgan fingerprint density at radius 2 is 2.17 bits per heavy atom. The molecule has 2 aromatic heterocycles. The molecule has 0 spiro atoms. The standard InChI is InChI=1S/C9H9N3/c1-3-7-8(4-1)11-12-6-2-5-9(12)10-7/h2,5-6H,1,3-4H2. The van der Waals surface area contributed by atoms with Gasteiger partial charge < -0.3 is 0 Å². The van der Waals surface area contributed by atoms with E-state index in [1.165, 1.54) is 17.8 Å². The minimum atomic E-state index is 0.968. The number of nitrogens with zero attached hydrogens (tertiary/aromatic N) is 3. The Hall–Kier alpha value is -1.38. The summed E-state index contributed by atoms with van der Waals surface area (Å²) in [6.45, 7) is 0. The molecule has 0 saturated heterocycles. The van der Waals surface area contributed by atoms with Crippen LogP contribution in [0.5, 0.6) is 0 Å². The van der Waals surface area contributed by atoms with Gasteiger partial charge in [0.15, 0.2) is 5.65 Å². The molecule has 3 heteroatoms. The first-order chi connectivity index (χ1) is 5.93. The maximum atomic E-state index is 4.52. The minimum absolute atomic E-state index is 0.968. The van der Waals surface area contributed by atoms with Crippen LogP contribution < -0.4 is 0 Å². The van der Waals surface area contributed by atoms with Crippen LogP contribution in [0.25, 0.3) is 5.65 Å². The average molecular weight is 159 g/mol. The van der Waals surface area contributed by atoms with Crippen molar-refractivity contribution in [3.8, 4) is 0 Å². The number of hydrogen-bond donors (Lipinski definition) is 0. The molecule has 0 amide bonds. The lowest BCUT2D eigenvalue weighted by molar-refractivity contribution is 0.841. The predicted molar refractivity (Wildman–Crippen MR) is 45.0 cm³/mol. The summed E-state index contributed by atoms with van der Waals surface area (Å²) in [7, 11) is 0. The molecule has 12 heavy (non-hydrogen) atoms. The number of aromatic nitrogens is 3. The van der Waals surface area contributed by atoms with Gasteiger partial charge in [0.2, 0.25) is 0 Å². The molecule has 0 radical (unpaired) electrons. The van der Waals surface area contributed by atoms with Crippen LogP contribution in [-0.4, -0.2) is 14.6 Å². The molecule has 0 bridgehead atoms. The molecule has 1 aliphatic rings. The van der Waals surface area contributed by atoms with E-state index in [9.17, 15) is 0 Å². The molecule has 0 atom stereocenters. The maximum Gasteiger partial charge on any atom is 0.153 e. The normalized spacial score (nSPS) is 15.3. The second-order valence-electron chi connectivity index (χ2n) is 3.17. The first-order valence-electron chi connectivity index (χ1n) is 4.27. The van der Waals surface area contributed by atoms with Gasteiger partial charge in [-0.3, -0.25) is 0 Å². The summed E-state index contributed by atoms with van der Waals surface area (Å²) in [4.78, 5) is 4.52. The van der Waals surface area contributed by atoms with E-state index in [4.69, 9.17) is 0 Å². The zero-order valence-electron chi connectivity index (χ0n) is 6.70. The highest BCUT2D eigenvalue weighted by Gasteiger charge is 2.14. The second kappa shape index (κ2) is 2.06. The van der Waals surface area contributed by atoms with E-state index in [1.807, 2.05) is 22.8 Å². The molecule has 60 valence electrons. The number of rotatable bonds is 0. The van der Waals surface area contributed by atoms with Gasteiger partial charge in [-0.25, -0.2) is 9.50 Å². The van der Waals surface area contributed by atoms with Gasteiger partial charge in [-0.1, -0.05) is 0 Å². The Morgan fingerprint density at radius 3 is 3.17 bits per heavy atom. The van der Waals surface area contributed by atoms with E-state index in [2.05, 4.69) is 10.1 Å². The third-order valence-electron chi connectivity index (χ3n) is 2.35. The lowest BCUT2D eigenvalue weighted by Gasteiger charge is -1.98. The summed E-state index contributed by atoms with van der Waals surface area (Å²) in [5.41, 5.74) is 3.34. The average Bonchev–Trinajstić information content (AvgIpc) is 2.64. The highest BCUT2D eigenvalue weighted by atomic mass is 15.2. The van der Waals surface area contributed by atoms with Gasteiger partial charge in [0, 0.05) is 6.20 Å². The molecule has 3 nitrogen and oxygen atoms in total. The molecule has 0 unspecified atom stereocenters. The SMILES string of the molecule is c1cc2nc3c(nn2c1)CCC3. The number of fused-ring (bicyclic) bond motifs is 2. The third-order valence-corrected chi connectivity index (χ3v) is 2.35. The monoisotopic (exact) mass is 159 g/mol. The van der Waals surface area contributed by atoms with Gasteiger partial charge >= 0.3 is 0 Å². The van der Waals surface area contributed by atoms with Crippen molar-refractivity contribution in [2.24, 2.45) is 0 Å². The fraction of sp³-hybridized carbons (Fsp3) is 0.333. The Morgan fingerprint density at radius 1 is 1.25 bits per heavy atom. The van der Waals surface area contributed by atoms with Gasteiger partial charge in [0.1, 0.15) is 0 Å². The highest BCUT2D eigenvalue weighted by molar-refractivity contribution is 5.39. The van der Waals surface area contributed by atoms with Crippen LogP contribution in [0.15, 0.2) is 18.3 Å². The largest absolute Gasteiger partial charge is 0.232 e. The zero-order valence-corrected chi connectivity index (χ0v) is 6.70. The molecule has 3 rings (SSSR count). The minimum Gasteiger partial charge on any atom is -0.232 e. The van der Waals surface area contributed by atoms with Crippen LogP contribution >= 0.6 is 0 Å². The lowest BCUT2D eigenvalue weighted by Crippen LogP contribution is -1.99. The molecule has 2 heterocycles. The Kier molecular flexibility index (Phi) is 1.06. The topological polar surface area (TPSA) is 30.2 Å². The molecule has 0 aromatic carbocycles. The molecule has 0 fully saturated rings. The first kappa shape index (κ1) is 6.17. The fourth-order valence-electron chi connectivity index (χ4n) is 1.74. The van der Waals surface area contributed by atoms with E-state index in [0.717, 1.165) is 18.5 Å². The van der Waals surface area contributed by atoms with E-state index in [-0.39, 0.29) is 0 Å². The van der Waals surface area contributed by atoms with E-state index in [1.54, 1.807) is 0 Å². The highest BCUT2D eigenvalue weighted by Crippen LogP contribution is 2.17. The summed E-state index contributed by atoms with van der Waals surface area (Å²) >= 11 is 0. The smallest absolute Gasteiger partial charge is 0.153 e. The van der Waals surface area contributed by atoms with Gasteiger partial charge in [-0.15, -0.1) is 0 Å². The second-order valence-corrected chi connectivity index (χ2v) is 3.17. The van der Waals surface area contributed by atoms with Gasteiger partial charge in [-0.05, 0) is 31.4 Å². The Labute approximate surface area is 70.0 Å². The van der Waals surface area contributed by atoms with Crippen molar-refractivity contribution in [1.29, 1.82) is 0 Å². The van der Waals surface area contributed by atoms with Crippen molar-refractivity contribution in [2.45, 2.75) is 19.3 Å². The number of aryl methyl sites for hydroxylation is 2. The van der Waals surface area contributed by atoms with E-state index < -0.39 is 0 Å². The quantitative estimate of drug-likeness (QED) is 0.578. The predicted octanol–water partition coefficient (Wildman–Crippen LogP) is 1.22. The number of hydrogen-bond acceptors (Lipinski definition) is 2. The van der Waals surface area contributed by atoms with Gasteiger partial charge in [0.05, 0.1) is 11.4 Å². The first-order valence-corrected chi connectivity index (χ1v) is 4.27. The maximum absolute atomic E-state index is 4.52. The summed E-state index contributed by atoms with van der Waals surface area (Å²) in [5, 5.41) is 4.47. The van der Waals surface area contributed by atoms with Crippen molar-refractivity contribution in [1.82, 2.24) is 14.6 Å². The van der Waals surface area contributed by atoms with Crippen molar-refractivity contribution in [2.75, 3.05) is 0 Å². The van der Waals surface area contributed by atoms with Crippen LogP contribution in [-0.2, 0) is 12.8 Å². The van der Waals surface area contributed by atoms with Crippen LogP contribution in [0.3, 0.4) is 0 Å². The molecular weight excluding hydrogens is 150 g/mol. The van der Waals surface area contributed by atoms with Crippen molar-refractivity contribution in [3.05, 3.63) is 29.7 Å². The summed E-state index contributed by atoms with van der Waals surface area (Å²) < 4.78 is 1.85. The molecule has 1 aliphatic carbocycles. The fourth-order valence-corrected chi connectivity index (χ4v) is 1.74. The molecule has 2 aromatic rings. The van der Waals surface area contributed by atoms with Crippen LogP contribution in [0.1, 0.15) is 17.8 Å². The Balaban J connectivity index is 2.38. The summed E-state index contributed by atoms with van der Waals surface area (Å²) in [5.74, 6) is 0. The molecule has 0 N–H and O–H groups in total. The zero-order chi connectivity index (χ0) is 7.97. The Bertz CT molecular complexity index is 392. The van der Waals surface area contributed by atoms with Crippen LogP contribution in [0, 0.1) is 0 Å². The van der Waals surface area contributed by atoms with Crippen molar-refractivity contribution >= 4 is 5.65 Å². The van der Waals surface area contributed by atoms with Gasteiger partial charge in [0.25, 0.3) is 0 Å². The van der Waals surface area contributed by atoms with Crippen LogP contribution in [0.2, 0.25) is 0 Å². The van der Waals surface area contributed by atoms with Crippen LogP contribution in [0.4, 0.5) is 0 Å². The molecule has 0 aliphatic heterocycles. The van der Waals surface area contributed by atoms with E-state index in [0.29, 0.717) is 0 Å². The molecule has 0 saturated carbocycles. The van der Waals surface area contributed by atoms with Gasteiger partial charge in [-0.2, -0.15) is 5.10 Å². The lowest BCUT2D eigenvalue weighted by atomic mass is 10.4. The van der Waals surface area contributed by atoms with Crippen molar-refractivity contribution < 1.29 is 0 Å². The molecular formula is C9H9N3. The van der Waals surface area contributed by atoms with E-state index >= 15 is 0 Å². The third kappa shape index (κ3) is 0.706.